The number of hydrogen-bond acceptors (Lipinski definition) is 4. The Morgan fingerprint density at radius 2 is 1.96 bits per heavy atom. The average Bonchev–Trinajstić information content (AvgIpc) is 3.22. The standard InChI is InChI=1S/C20H24N4O2.2ClH/c1-24(17-9-11-22-14-17)20(26)18(12-15-6-3-2-4-7-15)23-19(25)16-8-5-10-21-13-16;;/h2-8,10,13,17-18,22H,9,11-12,14H2,1H3,(H,23,25);2*1H. The Balaban J connectivity index is 0.00000196. The fourth-order valence-electron chi connectivity index (χ4n) is 3.18. The van der Waals surface area contributed by atoms with Crippen LogP contribution < -0.4 is 10.6 Å². The Labute approximate surface area is 177 Å². The molecule has 2 atom stereocenters. The zero-order valence-corrected chi connectivity index (χ0v) is 17.3. The van der Waals surface area contributed by atoms with Crippen LogP contribution in [0.4, 0.5) is 0 Å². The quantitative estimate of drug-likeness (QED) is 0.744. The molecule has 3 rings (SSSR count). The summed E-state index contributed by atoms with van der Waals surface area (Å²) in [6.45, 7) is 1.70. The van der Waals surface area contributed by atoms with Crippen molar-refractivity contribution in [1.29, 1.82) is 0 Å². The van der Waals surface area contributed by atoms with E-state index in [1.54, 1.807) is 23.2 Å². The van der Waals surface area contributed by atoms with Gasteiger partial charge in [-0.05, 0) is 30.7 Å². The first-order valence-corrected chi connectivity index (χ1v) is 8.87. The van der Waals surface area contributed by atoms with Crippen molar-refractivity contribution >= 4 is 36.6 Å². The van der Waals surface area contributed by atoms with Gasteiger partial charge in [0.1, 0.15) is 6.04 Å². The molecule has 6 nitrogen and oxygen atoms in total. The first kappa shape index (κ1) is 23.9. The van der Waals surface area contributed by atoms with Gasteiger partial charge in [-0.3, -0.25) is 14.6 Å². The van der Waals surface area contributed by atoms with Gasteiger partial charge in [-0.2, -0.15) is 0 Å². The molecule has 28 heavy (non-hydrogen) atoms. The van der Waals surface area contributed by atoms with Crippen LogP contribution in [0, 0.1) is 0 Å². The monoisotopic (exact) mass is 424 g/mol. The van der Waals surface area contributed by atoms with E-state index in [0.717, 1.165) is 25.1 Å². The molecule has 2 aromatic rings. The third kappa shape index (κ3) is 6.19. The molecule has 0 bridgehead atoms. The van der Waals surface area contributed by atoms with Gasteiger partial charge in [-0.1, -0.05) is 30.3 Å². The average molecular weight is 425 g/mol. The van der Waals surface area contributed by atoms with Crippen LogP contribution in [0.1, 0.15) is 22.3 Å². The van der Waals surface area contributed by atoms with Crippen molar-refractivity contribution in [2.75, 3.05) is 20.1 Å². The molecule has 0 aliphatic carbocycles. The highest BCUT2D eigenvalue weighted by molar-refractivity contribution is 5.97. The van der Waals surface area contributed by atoms with E-state index in [0.29, 0.717) is 12.0 Å². The van der Waals surface area contributed by atoms with Crippen LogP contribution in [0.3, 0.4) is 0 Å². The summed E-state index contributed by atoms with van der Waals surface area (Å²) in [4.78, 5) is 31.4. The van der Waals surface area contributed by atoms with Gasteiger partial charge in [-0.15, -0.1) is 24.8 Å². The number of halogens is 2. The van der Waals surface area contributed by atoms with E-state index in [1.807, 2.05) is 37.4 Å². The molecule has 2 unspecified atom stereocenters. The Morgan fingerprint density at radius 3 is 2.57 bits per heavy atom. The summed E-state index contributed by atoms with van der Waals surface area (Å²) >= 11 is 0. The maximum Gasteiger partial charge on any atom is 0.253 e. The number of carbonyl (C=O) groups excluding carboxylic acids is 2. The van der Waals surface area contributed by atoms with Crippen LogP contribution in [-0.2, 0) is 11.2 Å². The van der Waals surface area contributed by atoms with Crippen molar-refractivity contribution in [3.8, 4) is 0 Å². The minimum Gasteiger partial charge on any atom is -0.340 e. The molecular weight excluding hydrogens is 399 g/mol. The second kappa shape index (κ2) is 11.6. The number of hydrogen-bond donors (Lipinski definition) is 2. The summed E-state index contributed by atoms with van der Waals surface area (Å²) in [5.41, 5.74) is 1.46. The van der Waals surface area contributed by atoms with Crippen molar-refractivity contribution in [1.82, 2.24) is 20.5 Å². The van der Waals surface area contributed by atoms with Gasteiger partial charge in [0.2, 0.25) is 5.91 Å². The van der Waals surface area contributed by atoms with Gasteiger partial charge in [0, 0.05) is 38.4 Å². The Hall–Kier alpha value is -2.15. The Kier molecular flexibility index (Phi) is 9.93. The molecule has 1 aliphatic heterocycles. The van der Waals surface area contributed by atoms with Crippen molar-refractivity contribution < 1.29 is 9.59 Å². The fraction of sp³-hybridized carbons (Fsp3) is 0.350. The van der Waals surface area contributed by atoms with Crippen LogP contribution in [0.2, 0.25) is 0 Å². The highest BCUT2D eigenvalue weighted by atomic mass is 35.5. The van der Waals surface area contributed by atoms with Gasteiger partial charge in [0.15, 0.2) is 0 Å². The largest absolute Gasteiger partial charge is 0.340 e. The molecule has 0 spiro atoms. The highest BCUT2D eigenvalue weighted by Crippen LogP contribution is 2.12. The molecule has 1 aromatic carbocycles. The van der Waals surface area contributed by atoms with Gasteiger partial charge in [0.25, 0.3) is 5.91 Å². The maximum atomic E-state index is 13.1. The van der Waals surface area contributed by atoms with Gasteiger partial charge >= 0.3 is 0 Å². The van der Waals surface area contributed by atoms with Crippen molar-refractivity contribution in [2.24, 2.45) is 0 Å². The lowest BCUT2D eigenvalue weighted by molar-refractivity contribution is -0.133. The third-order valence-electron chi connectivity index (χ3n) is 4.74. The first-order chi connectivity index (χ1) is 12.6. The van der Waals surface area contributed by atoms with Crippen LogP contribution in [-0.4, -0.2) is 53.9 Å². The molecule has 1 aromatic heterocycles. The molecular formula is C20H26Cl2N4O2. The maximum absolute atomic E-state index is 13.1. The van der Waals surface area contributed by atoms with Gasteiger partial charge < -0.3 is 15.5 Å². The number of amides is 2. The number of nitrogens with one attached hydrogen (secondary N) is 2. The number of likely N-dealkylation sites (N-methyl/N-ethyl adjacent to an activating group) is 1. The predicted octanol–water partition coefficient (Wildman–Crippen LogP) is 2.09. The minimum absolute atomic E-state index is 0. The molecule has 152 valence electrons. The number of carbonyl (C=O) groups is 2. The zero-order valence-electron chi connectivity index (χ0n) is 15.7. The lowest BCUT2D eigenvalue weighted by atomic mass is 10.0. The van der Waals surface area contributed by atoms with Gasteiger partial charge in [0.05, 0.1) is 5.56 Å². The third-order valence-corrected chi connectivity index (χ3v) is 4.74. The van der Waals surface area contributed by atoms with Crippen LogP contribution >= 0.6 is 24.8 Å². The van der Waals surface area contributed by atoms with Crippen LogP contribution in [0.15, 0.2) is 54.9 Å². The number of pyridine rings is 1. The summed E-state index contributed by atoms with van der Waals surface area (Å²) in [5, 5.41) is 6.17. The normalized spacial score (nSPS) is 16.2. The number of aromatic nitrogens is 1. The van der Waals surface area contributed by atoms with Crippen LogP contribution in [0.25, 0.3) is 0 Å². The molecule has 1 saturated heterocycles. The fourth-order valence-corrected chi connectivity index (χ4v) is 3.18. The van der Waals surface area contributed by atoms with Crippen LogP contribution in [0.5, 0.6) is 0 Å². The molecule has 0 saturated carbocycles. The van der Waals surface area contributed by atoms with E-state index < -0.39 is 6.04 Å². The lowest BCUT2D eigenvalue weighted by Crippen LogP contribution is -2.51. The molecule has 8 heteroatoms. The molecule has 1 aliphatic rings. The Morgan fingerprint density at radius 1 is 1.21 bits per heavy atom. The predicted molar refractivity (Wildman–Crippen MR) is 114 cm³/mol. The van der Waals surface area contributed by atoms with E-state index in [-0.39, 0.29) is 42.7 Å². The minimum atomic E-state index is -0.615. The molecule has 0 radical (unpaired) electrons. The topological polar surface area (TPSA) is 74.3 Å². The summed E-state index contributed by atoms with van der Waals surface area (Å²) < 4.78 is 0. The molecule has 2 N–H and O–H groups in total. The number of rotatable bonds is 6. The molecule has 2 amide bonds. The summed E-state index contributed by atoms with van der Waals surface area (Å²) in [7, 11) is 1.81. The van der Waals surface area contributed by atoms with E-state index in [2.05, 4.69) is 15.6 Å². The van der Waals surface area contributed by atoms with Crippen molar-refractivity contribution in [3.05, 3.63) is 66.0 Å². The van der Waals surface area contributed by atoms with E-state index in [9.17, 15) is 9.59 Å². The number of benzene rings is 1. The second-order valence-corrected chi connectivity index (χ2v) is 6.55. The summed E-state index contributed by atoms with van der Waals surface area (Å²) in [6, 6.07) is 12.7. The first-order valence-electron chi connectivity index (χ1n) is 8.87. The smallest absolute Gasteiger partial charge is 0.253 e. The highest BCUT2D eigenvalue weighted by Gasteiger charge is 2.30. The lowest BCUT2D eigenvalue weighted by Gasteiger charge is -2.29. The van der Waals surface area contributed by atoms with Gasteiger partial charge in [-0.25, -0.2) is 0 Å². The van der Waals surface area contributed by atoms with E-state index in [1.165, 1.54) is 6.20 Å². The molecule has 2 heterocycles. The SMILES string of the molecule is CN(C(=O)C(Cc1ccccc1)NC(=O)c1cccnc1)C1CCNC1.Cl.Cl. The van der Waals surface area contributed by atoms with Crippen molar-refractivity contribution in [3.63, 3.8) is 0 Å². The number of nitrogens with zero attached hydrogens (tertiary/aromatic N) is 2. The molecule has 1 fully saturated rings. The zero-order chi connectivity index (χ0) is 18.4. The van der Waals surface area contributed by atoms with Crippen molar-refractivity contribution in [2.45, 2.75) is 24.9 Å². The van der Waals surface area contributed by atoms with E-state index >= 15 is 0 Å². The second-order valence-electron chi connectivity index (χ2n) is 6.55. The summed E-state index contributed by atoms with van der Waals surface area (Å²) in [6.07, 6.45) is 4.50. The van der Waals surface area contributed by atoms with E-state index in [4.69, 9.17) is 0 Å². The Bertz CT molecular complexity index is 740. The summed E-state index contributed by atoms with van der Waals surface area (Å²) in [5.74, 6) is -0.356.